The highest BCUT2D eigenvalue weighted by molar-refractivity contribution is 6.34. The van der Waals surface area contributed by atoms with Crippen molar-refractivity contribution in [2.45, 2.75) is 13.0 Å². The Morgan fingerprint density at radius 3 is 2.72 bits per heavy atom. The van der Waals surface area contributed by atoms with Gasteiger partial charge in [-0.3, -0.25) is 9.59 Å². The minimum absolute atomic E-state index is 0.104. The van der Waals surface area contributed by atoms with Crippen LogP contribution in [0.4, 0.5) is 5.82 Å². The average Bonchev–Trinajstić information content (AvgIpc) is 2.88. The van der Waals surface area contributed by atoms with E-state index < -0.39 is 0 Å². The minimum Gasteiger partial charge on any atom is -0.508 e. The van der Waals surface area contributed by atoms with Crippen molar-refractivity contribution in [3.05, 3.63) is 76.6 Å². The number of amides is 1. The van der Waals surface area contributed by atoms with Gasteiger partial charge in [-0.25, -0.2) is 4.98 Å². The normalized spacial score (nSPS) is 13.7. The highest BCUT2D eigenvalue weighted by Crippen LogP contribution is 2.38. The number of halogens is 1. The summed E-state index contributed by atoms with van der Waals surface area (Å²) in [5.41, 5.74) is 2.54. The quantitative estimate of drug-likeness (QED) is 0.236. The van der Waals surface area contributed by atoms with E-state index in [4.69, 9.17) is 16.6 Å². The van der Waals surface area contributed by atoms with Crippen molar-refractivity contribution in [3.63, 3.8) is 0 Å². The van der Waals surface area contributed by atoms with E-state index in [0.717, 1.165) is 34.9 Å². The Labute approximate surface area is 232 Å². The van der Waals surface area contributed by atoms with Gasteiger partial charge in [0, 0.05) is 37.7 Å². The zero-order valence-electron chi connectivity index (χ0n) is 22.2. The molecule has 3 aromatic carbocycles. The van der Waals surface area contributed by atoms with Crippen molar-refractivity contribution in [3.8, 4) is 16.9 Å². The number of hydrogen-bond acceptors (Lipinski definition) is 6. The van der Waals surface area contributed by atoms with Gasteiger partial charge in [0.2, 0.25) is 5.91 Å². The Morgan fingerprint density at radius 1 is 1.21 bits per heavy atom. The van der Waals surface area contributed by atoms with Crippen molar-refractivity contribution in [1.29, 1.82) is 0 Å². The number of benzene rings is 3. The van der Waals surface area contributed by atoms with Crippen LogP contribution in [0.5, 0.6) is 5.75 Å². The van der Waals surface area contributed by atoms with Crippen LogP contribution in [0.15, 0.2) is 66.0 Å². The Hall–Kier alpha value is -3.88. The molecule has 1 fully saturated rings. The fraction of sp³-hybridized carbons (Fsp3) is 0.300. The van der Waals surface area contributed by atoms with Crippen LogP contribution in [0.1, 0.15) is 6.42 Å². The molecule has 0 saturated carbocycles. The van der Waals surface area contributed by atoms with Crippen LogP contribution in [0.25, 0.3) is 32.9 Å². The molecule has 39 heavy (non-hydrogen) atoms. The van der Waals surface area contributed by atoms with E-state index in [-0.39, 0.29) is 29.0 Å². The van der Waals surface area contributed by atoms with Crippen molar-refractivity contribution in [2.24, 2.45) is 5.92 Å². The third-order valence-corrected chi connectivity index (χ3v) is 7.44. The number of nitrogens with one attached hydrogen (secondary N) is 1. The van der Waals surface area contributed by atoms with E-state index >= 15 is 0 Å². The Balaban J connectivity index is 1.59. The zero-order valence-corrected chi connectivity index (χ0v) is 22.9. The Morgan fingerprint density at radius 2 is 1.97 bits per heavy atom. The molecule has 8 nitrogen and oxygen atoms in total. The maximum atomic E-state index is 13.6. The highest BCUT2D eigenvalue weighted by atomic mass is 35.5. The Bertz CT molecular complexity index is 1630. The standard InChI is InChI=1S/C30H32ClN5O3/c1-4-28(38)35-16-19(17-35)18-36-27-15-25(31)24(23-13-21(37)12-20-8-5-6-9-22(20)23)14-26(27)33-29(30(36)39)32-10-7-11-34(2)3/h4-6,8-9,12-15,19,37H,1,7,10-11,16-18H2,2-3H3,(H,32,33). The smallest absolute Gasteiger partial charge is 0.293 e. The number of fused-ring (bicyclic) bond motifs is 2. The molecule has 0 unspecified atom stereocenters. The number of carbonyl (C=O) groups is 1. The topological polar surface area (TPSA) is 90.7 Å². The largest absolute Gasteiger partial charge is 0.508 e. The number of phenolic OH excluding ortho intramolecular Hbond substituents is 1. The number of likely N-dealkylation sites (tertiary alicyclic amines) is 1. The first kappa shape index (κ1) is 26.7. The van der Waals surface area contributed by atoms with Gasteiger partial charge in [0.15, 0.2) is 5.82 Å². The van der Waals surface area contributed by atoms with Crippen LogP contribution < -0.4 is 10.9 Å². The second kappa shape index (κ2) is 11.1. The molecule has 1 aromatic heterocycles. The molecule has 202 valence electrons. The van der Waals surface area contributed by atoms with Crippen LogP contribution in [-0.4, -0.2) is 70.6 Å². The summed E-state index contributed by atoms with van der Waals surface area (Å²) in [6.07, 6.45) is 2.17. The van der Waals surface area contributed by atoms with E-state index in [1.165, 1.54) is 6.08 Å². The van der Waals surface area contributed by atoms with Gasteiger partial charge in [0.1, 0.15) is 5.75 Å². The van der Waals surface area contributed by atoms with E-state index in [1.54, 1.807) is 27.7 Å². The average molecular weight is 546 g/mol. The molecule has 1 aliphatic rings. The lowest BCUT2D eigenvalue weighted by Gasteiger charge is -2.39. The number of rotatable bonds is 9. The summed E-state index contributed by atoms with van der Waals surface area (Å²) in [6.45, 7) is 6.61. The molecule has 1 saturated heterocycles. The number of hydrogen-bond donors (Lipinski definition) is 2. The SMILES string of the molecule is C=CC(=O)N1CC(Cn2c(=O)c(NCCCN(C)C)nc3cc(-c4cc(O)cc5ccccc45)c(Cl)cc32)C1. The molecule has 1 amide bonds. The van der Waals surface area contributed by atoms with Crippen molar-refractivity contribution >= 4 is 45.1 Å². The second-order valence-corrected chi connectivity index (χ2v) is 10.7. The van der Waals surface area contributed by atoms with E-state index in [9.17, 15) is 14.7 Å². The van der Waals surface area contributed by atoms with Gasteiger partial charge in [0.25, 0.3) is 5.56 Å². The van der Waals surface area contributed by atoms with Gasteiger partial charge in [-0.1, -0.05) is 42.4 Å². The van der Waals surface area contributed by atoms with E-state index in [1.807, 2.05) is 44.4 Å². The summed E-state index contributed by atoms with van der Waals surface area (Å²) in [6, 6.07) is 14.9. The molecular weight excluding hydrogens is 514 g/mol. The lowest BCUT2D eigenvalue weighted by Crippen LogP contribution is -2.51. The molecule has 5 rings (SSSR count). The Kier molecular flexibility index (Phi) is 7.59. The summed E-state index contributed by atoms with van der Waals surface area (Å²) in [5, 5.41) is 16.0. The van der Waals surface area contributed by atoms with Crippen molar-refractivity contribution in [2.75, 3.05) is 45.6 Å². The summed E-state index contributed by atoms with van der Waals surface area (Å²) < 4.78 is 1.72. The first-order chi connectivity index (χ1) is 18.7. The summed E-state index contributed by atoms with van der Waals surface area (Å²) in [5.74, 6) is 0.456. The van der Waals surface area contributed by atoms with Crippen molar-refractivity contribution in [1.82, 2.24) is 19.4 Å². The molecule has 2 N–H and O–H groups in total. The highest BCUT2D eigenvalue weighted by Gasteiger charge is 2.30. The van der Waals surface area contributed by atoms with Gasteiger partial charge < -0.3 is 24.8 Å². The molecule has 0 aliphatic carbocycles. The number of nitrogens with zero attached hydrogens (tertiary/aromatic N) is 4. The molecule has 4 aromatic rings. The maximum Gasteiger partial charge on any atom is 0.293 e. The molecule has 0 spiro atoms. The van der Waals surface area contributed by atoms with Crippen LogP contribution in [-0.2, 0) is 11.3 Å². The van der Waals surface area contributed by atoms with Gasteiger partial charge in [-0.2, -0.15) is 0 Å². The first-order valence-corrected chi connectivity index (χ1v) is 13.4. The third kappa shape index (κ3) is 5.48. The van der Waals surface area contributed by atoms with Gasteiger partial charge in [-0.05, 0) is 73.7 Å². The van der Waals surface area contributed by atoms with Crippen LogP contribution in [0.3, 0.4) is 0 Å². The number of phenols is 1. The fourth-order valence-corrected chi connectivity index (χ4v) is 5.40. The lowest BCUT2D eigenvalue weighted by atomic mass is 9.97. The second-order valence-electron chi connectivity index (χ2n) is 10.3. The minimum atomic E-state index is -0.215. The first-order valence-electron chi connectivity index (χ1n) is 13.0. The summed E-state index contributed by atoms with van der Waals surface area (Å²) in [7, 11) is 4.02. The summed E-state index contributed by atoms with van der Waals surface area (Å²) in [4.78, 5) is 34.1. The van der Waals surface area contributed by atoms with Crippen LogP contribution in [0, 0.1) is 5.92 Å². The lowest BCUT2D eigenvalue weighted by molar-refractivity contribution is -0.132. The number of carbonyl (C=O) groups excluding carboxylic acids is 1. The maximum absolute atomic E-state index is 13.6. The summed E-state index contributed by atoms with van der Waals surface area (Å²) >= 11 is 6.85. The van der Waals surface area contributed by atoms with Crippen molar-refractivity contribution < 1.29 is 9.90 Å². The molecule has 2 heterocycles. The molecule has 0 radical (unpaired) electrons. The van der Waals surface area contributed by atoms with Gasteiger partial charge in [0.05, 0.1) is 16.1 Å². The molecule has 0 atom stereocenters. The number of anilines is 1. The van der Waals surface area contributed by atoms with Crippen LogP contribution in [0.2, 0.25) is 5.02 Å². The molecule has 0 bridgehead atoms. The molecule has 9 heteroatoms. The third-order valence-electron chi connectivity index (χ3n) is 7.13. The van der Waals surface area contributed by atoms with E-state index in [0.29, 0.717) is 42.2 Å². The number of aromatic hydroxyl groups is 1. The fourth-order valence-electron chi connectivity index (χ4n) is 5.14. The van der Waals surface area contributed by atoms with Gasteiger partial charge >= 0.3 is 0 Å². The predicted molar refractivity (Wildman–Crippen MR) is 158 cm³/mol. The zero-order chi connectivity index (χ0) is 27.7. The monoisotopic (exact) mass is 545 g/mol. The predicted octanol–water partition coefficient (Wildman–Crippen LogP) is 4.58. The number of aromatic nitrogens is 2. The molecular formula is C30H32ClN5O3. The van der Waals surface area contributed by atoms with E-state index in [2.05, 4.69) is 16.8 Å². The van der Waals surface area contributed by atoms with Crippen LogP contribution >= 0.6 is 11.6 Å². The van der Waals surface area contributed by atoms with Gasteiger partial charge in [-0.15, -0.1) is 0 Å². The molecule has 1 aliphatic heterocycles.